The van der Waals surface area contributed by atoms with E-state index in [1.54, 1.807) is 19.4 Å². The lowest BCUT2D eigenvalue weighted by Crippen LogP contribution is -2.00. The lowest BCUT2D eigenvalue weighted by Gasteiger charge is -2.07. The highest BCUT2D eigenvalue weighted by Gasteiger charge is 2.12. The normalized spacial score (nSPS) is 10.8. The molecule has 0 radical (unpaired) electrons. The highest BCUT2D eigenvalue weighted by atomic mass is 16.5. The molecule has 5 heteroatoms. The zero-order valence-electron chi connectivity index (χ0n) is 13.1. The second kappa shape index (κ2) is 7.07. The van der Waals surface area contributed by atoms with E-state index in [1.165, 1.54) is 0 Å². The van der Waals surface area contributed by atoms with Crippen molar-refractivity contribution < 1.29 is 10.9 Å². The van der Waals surface area contributed by atoms with Gasteiger partial charge in [-0.15, -0.1) is 6.58 Å². The average Bonchev–Trinajstić information content (AvgIpc) is 3.06. The summed E-state index contributed by atoms with van der Waals surface area (Å²) in [5.41, 5.74) is 2.70. The van der Waals surface area contributed by atoms with Crippen LogP contribution in [0.5, 0.6) is 5.88 Å². The Hall–Kier alpha value is -2.66. The number of H-pyrrole nitrogens is 1. The Morgan fingerprint density at radius 2 is 2.22 bits per heavy atom. The SMILES string of the molecule is C=CCOCCc1ncc(-c2cc3ccccc3nc2OC)[nH]1.[HH]. The van der Waals surface area contributed by atoms with Crippen LogP contribution in [0.2, 0.25) is 0 Å². The summed E-state index contributed by atoms with van der Waals surface area (Å²) in [6.07, 6.45) is 4.26. The van der Waals surface area contributed by atoms with E-state index in [1.807, 2.05) is 24.3 Å². The molecular formula is C18H21N3O2. The predicted octanol–water partition coefficient (Wildman–Crippen LogP) is 3.62. The smallest absolute Gasteiger partial charge is 0.223 e. The number of ether oxygens (including phenoxy) is 2. The first-order chi connectivity index (χ1) is 11.3. The minimum atomic E-state index is 0. The zero-order valence-corrected chi connectivity index (χ0v) is 13.1. The van der Waals surface area contributed by atoms with Crippen LogP contribution in [0.15, 0.2) is 49.2 Å². The molecule has 0 fully saturated rings. The van der Waals surface area contributed by atoms with Gasteiger partial charge < -0.3 is 14.5 Å². The Morgan fingerprint density at radius 3 is 3.04 bits per heavy atom. The summed E-state index contributed by atoms with van der Waals surface area (Å²) in [6, 6.07) is 10.0. The fraction of sp³-hybridized carbons (Fsp3) is 0.222. The second-order valence-electron chi connectivity index (χ2n) is 5.10. The molecule has 5 nitrogen and oxygen atoms in total. The van der Waals surface area contributed by atoms with Gasteiger partial charge in [0.25, 0.3) is 0 Å². The van der Waals surface area contributed by atoms with Crippen molar-refractivity contribution in [2.75, 3.05) is 20.3 Å². The van der Waals surface area contributed by atoms with Crippen LogP contribution in [-0.2, 0) is 11.2 Å². The molecule has 3 aromatic rings. The number of imidazole rings is 1. The molecule has 0 saturated carbocycles. The largest absolute Gasteiger partial charge is 0.480 e. The van der Waals surface area contributed by atoms with Crippen molar-refractivity contribution in [3.8, 4) is 17.1 Å². The number of pyridine rings is 1. The molecule has 0 aliphatic rings. The lowest BCUT2D eigenvalue weighted by molar-refractivity contribution is 0.164. The topological polar surface area (TPSA) is 60.0 Å². The fourth-order valence-electron chi connectivity index (χ4n) is 2.41. The van der Waals surface area contributed by atoms with Gasteiger partial charge in [0, 0.05) is 13.2 Å². The van der Waals surface area contributed by atoms with Crippen LogP contribution in [0.4, 0.5) is 0 Å². The summed E-state index contributed by atoms with van der Waals surface area (Å²) in [5.74, 6) is 1.46. The summed E-state index contributed by atoms with van der Waals surface area (Å²) in [4.78, 5) is 12.3. The van der Waals surface area contributed by atoms with Gasteiger partial charge in [0.05, 0.1) is 43.3 Å². The molecule has 0 atom stereocenters. The van der Waals surface area contributed by atoms with Gasteiger partial charge in [-0.25, -0.2) is 9.97 Å². The molecule has 23 heavy (non-hydrogen) atoms. The lowest BCUT2D eigenvalue weighted by atomic mass is 10.1. The number of nitrogens with one attached hydrogen (secondary N) is 1. The Morgan fingerprint density at radius 1 is 1.35 bits per heavy atom. The number of nitrogens with zero attached hydrogens (tertiary/aromatic N) is 2. The van der Waals surface area contributed by atoms with E-state index >= 15 is 0 Å². The molecule has 0 saturated heterocycles. The summed E-state index contributed by atoms with van der Waals surface area (Å²) < 4.78 is 10.8. The number of hydrogen-bond acceptors (Lipinski definition) is 4. The van der Waals surface area contributed by atoms with Crippen molar-refractivity contribution in [1.29, 1.82) is 0 Å². The van der Waals surface area contributed by atoms with Gasteiger partial charge in [0.15, 0.2) is 0 Å². The van der Waals surface area contributed by atoms with Gasteiger partial charge in [-0.2, -0.15) is 0 Å². The molecule has 0 bridgehead atoms. The molecule has 0 aliphatic carbocycles. The van der Waals surface area contributed by atoms with E-state index < -0.39 is 0 Å². The third-order valence-corrected chi connectivity index (χ3v) is 3.52. The average molecular weight is 311 g/mol. The number of benzene rings is 1. The van der Waals surface area contributed by atoms with Crippen LogP contribution in [0.1, 0.15) is 7.25 Å². The maximum absolute atomic E-state index is 5.44. The van der Waals surface area contributed by atoms with Crippen molar-refractivity contribution >= 4 is 10.9 Å². The first-order valence-corrected chi connectivity index (χ1v) is 7.48. The van der Waals surface area contributed by atoms with Crippen molar-refractivity contribution in [3.63, 3.8) is 0 Å². The number of aromatic amines is 1. The van der Waals surface area contributed by atoms with Crippen molar-refractivity contribution in [1.82, 2.24) is 15.0 Å². The van der Waals surface area contributed by atoms with E-state index in [0.717, 1.165) is 34.4 Å². The van der Waals surface area contributed by atoms with Crippen LogP contribution in [-0.4, -0.2) is 35.3 Å². The highest BCUT2D eigenvalue weighted by molar-refractivity contribution is 5.85. The maximum Gasteiger partial charge on any atom is 0.223 e. The first kappa shape index (κ1) is 15.2. The van der Waals surface area contributed by atoms with Crippen LogP contribution >= 0.6 is 0 Å². The minimum Gasteiger partial charge on any atom is -0.480 e. The van der Waals surface area contributed by atoms with Gasteiger partial charge in [-0.3, -0.25) is 0 Å². The van der Waals surface area contributed by atoms with E-state index in [2.05, 4.69) is 27.6 Å². The van der Waals surface area contributed by atoms with Gasteiger partial charge in [-0.1, -0.05) is 24.3 Å². The quantitative estimate of drug-likeness (QED) is 0.535. The molecule has 0 aliphatic heterocycles. The van der Waals surface area contributed by atoms with Gasteiger partial charge in [0.1, 0.15) is 5.82 Å². The molecule has 0 spiro atoms. The monoisotopic (exact) mass is 311 g/mol. The zero-order chi connectivity index (χ0) is 16.1. The number of para-hydroxylation sites is 1. The van der Waals surface area contributed by atoms with Crippen LogP contribution < -0.4 is 4.74 Å². The summed E-state index contributed by atoms with van der Waals surface area (Å²) >= 11 is 0. The molecule has 1 N–H and O–H groups in total. The summed E-state index contributed by atoms with van der Waals surface area (Å²) in [6.45, 7) is 4.78. The van der Waals surface area contributed by atoms with E-state index in [9.17, 15) is 0 Å². The summed E-state index contributed by atoms with van der Waals surface area (Å²) in [7, 11) is 1.63. The second-order valence-corrected chi connectivity index (χ2v) is 5.10. The van der Waals surface area contributed by atoms with Crippen LogP contribution in [0, 0.1) is 0 Å². The molecule has 3 rings (SSSR count). The Bertz CT molecular complexity index is 817. The number of hydrogen-bond donors (Lipinski definition) is 1. The summed E-state index contributed by atoms with van der Waals surface area (Å²) in [5, 5.41) is 1.06. The van der Waals surface area contributed by atoms with Crippen molar-refractivity contribution in [2.45, 2.75) is 6.42 Å². The Kier molecular flexibility index (Phi) is 4.68. The third-order valence-electron chi connectivity index (χ3n) is 3.52. The van der Waals surface area contributed by atoms with Crippen molar-refractivity contribution in [3.05, 3.63) is 55.0 Å². The number of methoxy groups -OCH3 is 1. The van der Waals surface area contributed by atoms with Crippen molar-refractivity contribution in [2.24, 2.45) is 0 Å². The first-order valence-electron chi connectivity index (χ1n) is 7.48. The molecule has 2 heterocycles. The highest BCUT2D eigenvalue weighted by Crippen LogP contribution is 2.30. The number of fused-ring (bicyclic) bond motifs is 1. The Balaban J connectivity index is 0.00000208. The van der Waals surface area contributed by atoms with Crippen LogP contribution in [0.3, 0.4) is 0 Å². The van der Waals surface area contributed by atoms with E-state index in [0.29, 0.717) is 19.1 Å². The Labute approximate surface area is 136 Å². The fourth-order valence-corrected chi connectivity index (χ4v) is 2.41. The number of rotatable bonds is 7. The van der Waals surface area contributed by atoms with E-state index in [4.69, 9.17) is 9.47 Å². The molecule has 1 aromatic carbocycles. The molecule has 0 amide bonds. The van der Waals surface area contributed by atoms with Gasteiger partial charge in [-0.05, 0) is 12.1 Å². The minimum absolute atomic E-state index is 0. The maximum atomic E-state index is 5.44. The molecule has 120 valence electrons. The van der Waals surface area contributed by atoms with Gasteiger partial charge in [0.2, 0.25) is 5.88 Å². The van der Waals surface area contributed by atoms with Crippen LogP contribution in [0.25, 0.3) is 22.2 Å². The molecule has 0 unspecified atom stereocenters. The molecular weight excluding hydrogens is 290 g/mol. The molecule has 2 aromatic heterocycles. The predicted molar refractivity (Wildman–Crippen MR) is 92.7 cm³/mol. The van der Waals surface area contributed by atoms with Gasteiger partial charge >= 0.3 is 0 Å². The van der Waals surface area contributed by atoms with E-state index in [-0.39, 0.29) is 1.43 Å². The third kappa shape index (κ3) is 3.40. The number of aromatic nitrogens is 3. The standard InChI is InChI=1S/C18H19N3O2.H2/c1-3-9-23-10-8-17-19-12-16(20-17)14-11-13-6-4-5-7-15(13)21-18(14)22-2;/h3-7,11-12H,1,8-10H2,2H3,(H,19,20);1H.